The fraction of sp³-hybridized carbons (Fsp3) is 0.273. The monoisotopic (exact) mass is 257 g/mol. The van der Waals surface area contributed by atoms with E-state index in [-0.39, 0.29) is 11.5 Å². The topological polar surface area (TPSA) is 53.5 Å². The fourth-order valence-corrected chi connectivity index (χ4v) is 1.51. The highest BCUT2D eigenvalue weighted by atomic mass is 19.4. The van der Waals surface area contributed by atoms with E-state index in [4.69, 9.17) is 0 Å². The van der Waals surface area contributed by atoms with E-state index in [9.17, 15) is 18.0 Å². The Morgan fingerprint density at radius 2 is 2.17 bits per heavy atom. The molecule has 4 nitrogen and oxygen atoms in total. The molecule has 1 aliphatic rings. The Balaban J connectivity index is 2.12. The molecule has 1 amide bonds. The summed E-state index contributed by atoms with van der Waals surface area (Å²) in [6.07, 6.45) is -4.43. The second-order valence-corrected chi connectivity index (χ2v) is 3.69. The highest BCUT2D eigenvalue weighted by Gasteiger charge is 2.30. The summed E-state index contributed by atoms with van der Waals surface area (Å²) in [5.74, 6) is -0.390. The Labute approximate surface area is 101 Å². The van der Waals surface area contributed by atoms with Crippen LogP contribution in [-0.4, -0.2) is 24.8 Å². The lowest BCUT2D eigenvalue weighted by Gasteiger charge is -2.09. The molecule has 0 atom stereocenters. The van der Waals surface area contributed by atoms with Crippen LogP contribution in [0.4, 0.5) is 18.9 Å². The van der Waals surface area contributed by atoms with Crippen LogP contribution in [0.5, 0.6) is 0 Å². The highest BCUT2D eigenvalue weighted by Crippen LogP contribution is 2.30. The summed E-state index contributed by atoms with van der Waals surface area (Å²) >= 11 is 0. The van der Waals surface area contributed by atoms with Gasteiger partial charge in [0.15, 0.2) is 5.84 Å². The molecule has 0 saturated carbocycles. The molecule has 0 unspecified atom stereocenters. The zero-order chi connectivity index (χ0) is 13.2. The fourth-order valence-electron chi connectivity index (χ4n) is 1.51. The van der Waals surface area contributed by atoms with Crippen LogP contribution >= 0.6 is 0 Å². The van der Waals surface area contributed by atoms with Crippen molar-refractivity contribution in [3.63, 3.8) is 0 Å². The van der Waals surface area contributed by atoms with Gasteiger partial charge in [-0.1, -0.05) is 6.07 Å². The van der Waals surface area contributed by atoms with Crippen LogP contribution < -0.4 is 10.6 Å². The van der Waals surface area contributed by atoms with Gasteiger partial charge in [0.2, 0.25) is 0 Å². The summed E-state index contributed by atoms with van der Waals surface area (Å²) in [7, 11) is 0. The zero-order valence-electron chi connectivity index (χ0n) is 9.21. The van der Waals surface area contributed by atoms with E-state index < -0.39 is 17.6 Å². The SMILES string of the molecule is O=C(Nc1cccc(C(F)(F)F)c1)C1=NCCN1. The standard InChI is InChI=1S/C11H10F3N3O/c12-11(13,14)7-2-1-3-8(6-7)17-10(18)9-15-4-5-16-9/h1-3,6H,4-5H2,(H,15,16)(H,17,18). The molecule has 0 bridgehead atoms. The molecule has 0 aromatic heterocycles. The lowest BCUT2D eigenvalue weighted by Crippen LogP contribution is -2.32. The van der Waals surface area contributed by atoms with Crippen LogP contribution in [0.2, 0.25) is 0 Å². The molecule has 1 heterocycles. The van der Waals surface area contributed by atoms with Crippen molar-refractivity contribution in [2.45, 2.75) is 6.18 Å². The van der Waals surface area contributed by atoms with Crippen LogP contribution in [0.3, 0.4) is 0 Å². The van der Waals surface area contributed by atoms with Crippen molar-refractivity contribution in [1.29, 1.82) is 0 Å². The molecule has 0 saturated heterocycles. The van der Waals surface area contributed by atoms with Crippen LogP contribution in [-0.2, 0) is 11.0 Å². The van der Waals surface area contributed by atoms with Crippen molar-refractivity contribution in [2.24, 2.45) is 4.99 Å². The molecule has 0 radical (unpaired) electrons. The molecule has 1 aromatic rings. The van der Waals surface area contributed by atoms with E-state index in [1.807, 2.05) is 0 Å². The molecule has 0 aliphatic carbocycles. The van der Waals surface area contributed by atoms with Gasteiger partial charge in [-0.2, -0.15) is 13.2 Å². The minimum Gasteiger partial charge on any atom is -0.364 e. The molecule has 1 aliphatic heterocycles. The highest BCUT2D eigenvalue weighted by molar-refractivity contribution is 6.42. The third kappa shape index (κ3) is 2.79. The number of amides is 1. The maximum atomic E-state index is 12.5. The van der Waals surface area contributed by atoms with Crippen molar-refractivity contribution in [3.8, 4) is 0 Å². The summed E-state index contributed by atoms with van der Waals surface area (Å²) in [6, 6.07) is 4.46. The number of nitrogens with one attached hydrogen (secondary N) is 2. The maximum absolute atomic E-state index is 12.5. The normalized spacial score (nSPS) is 14.9. The molecular formula is C11H10F3N3O. The molecule has 0 fully saturated rings. The number of aliphatic imine (C=N–C) groups is 1. The molecule has 0 spiro atoms. The predicted octanol–water partition coefficient (Wildman–Crippen LogP) is 1.65. The molecular weight excluding hydrogens is 247 g/mol. The maximum Gasteiger partial charge on any atom is 0.416 e. The van der Waals surface area contributed by atoms with Gasteiger partial charge in [-0.25, -0.2) is 0 Å². The van der Waals surface area contributed by atoms with Gasteiger partial charge in [0.25, 0.3) is 5.91 Å². The molecule has 18 heavy (non-hydrogen) atoms. The number of carbonyl (C=O) groups is 1. The summed E-state index contributed by atoms with van der Waals surface area (Å²) in [5, 5.41) is 5.10. The summed E-state index contributed by atoms with van der Waals surface area (Å²) < 4.78 is 37.4. The first kappa shape index (κ1) is 12.4. The van der Waals surface area contributed by atoms with Crippen molar-refractivity contribution in [1.82, 2.24) is 5.32 Å². The Bertz CT molecular complexity index is 497. The average Bonchev–Trinajstić information content (AvgIpc) is 2.81. The van der Waals surface area contributed by atoms with E-state index in [1.165, 1.54) is 12.1 Å². The quantitative estimate of drug-likeness (QED) is 0.846. The minimum atomic E-state index is -4.43. The number of hydrogen-bond donors (Lipinski definition) is 2. The minimum absolute atomic E-state index is 0.0891. The average molecular weight is 257 g/mol. The van der Waals surface area contributed by atoms with Crippen molar-refractivity contribution >= 4 is 17.4 Å². The third-order valence-corrected chi connectivity index (χ3v) is 2.34. The van der Waals surface area contributed by atoms with Gasteiger partial charge in [-0.3, -0.25) is 9.79 Å². The van der Waals surface area contributed by atoms with Gasteiger partial charge in [0.1, 0.15) is 0 Å². The molecule has 2 N–H and O–H groups in total. The Kier molecular flexibility index (Phi) is 3.22. The van der Waals surface area contributed by atoms with Gasteiger partial charge in [0, 0.05) is 12.2 Å². The number of benzene rings is 1. The van der Waals surface area contributed by atoms with Crippen molar-refractivity contribution in [3.05, 3.63) is 29.8 Å². The second-order valence-electron chi connectivity index (χ2n) is 3.69. The summed E-state index contributed by atoms with van der Waals surface area (Å²) in [4.78, 5) is 15.5. The van der Waals surface area contributed by atoms with E-state index in [2.05, 4.69) is 15.6 Å². The largest absolute Gasteiger partial charge is 0.416 e. The van der Waals surface area contributed by atoms with Gasteiger partial charge < -0.3 is 10.6 Å². The Hall–Kier alpha value is -2.05. The first-order valence-electron chi connectivity index (χ1n) is 5.24. The van der Waals surface area contributed by atoms with Crippen LogP contribution in [0.25, 0.3) is 0 Å². The number of alkyl halides is 3. The van der Waals surface area contributed by atoms with Crippen molar-refractivity contribution < 1.29 is 18.0 Å². The first-order chi connectivity index (χ1) is 8.47. The molecule has 1 aromatic carbocycles. The first-order valence-corrected chi connectivity index (χ1v) is 5.24. The molecule has 2 rings (SSSR count). The smallest absolute Gasteiger partial charge is 0.364 e. The lowest BCUT2D eigenvalue weighted by molar-refractivity contribution is -0.137. The molecule has 7 heteroatoms. The Morgan fingerprint density at radius 1 is 1.39 bits per heavy atom. The Morgan fingerprint density at radius 3 is 2.78 bits per heavy atom. The van der Waals surface area contributed by atoms with Crippen LogP contribution in [0.15, 0.2) is 29.3 Å². The van der Waals surface area contributed by atoms with E-state index in [0.717, 1.165) is 12.1 Å². The van der Waals surface area contributed by atoms with Crippen molar-refractivity contribution in [2.75, 3.05) is 18.4 Å². The van der Waals surface area contributed by atoms with Gasteiger partial charge in [-0.05, 0) is 18.2 Å². The summed E-state index contributed by atoms with van der Waals surface area (Å²) in [6.45, 7) is 1.05. The van der Waals surface area contributed by atoms with E-state index in [0.29, 0.717) is 13.1 Å². The second kappa shape index (κ2) is 4.67. The molecule has 96 valence electrons. The number of carbonyl (C=O) groups excluding carboxylic acids is 1. The number of nitrogens with zero attached hydrogens (tertiary/aromatic N) is 1. The number of halogens is 3. The van der Waals surface area contributed by atoms with Gasteiger partial charge in [-0.15, -0.1) is 0 Å². The van der Waals surface area contributed by atoms with E-state index >= 15 is 0 Å². The number of rotatable bonds is 2. The van der Waals surface area contributed by atoms with Gasteiger partial charge in [0.05, 0.1) is 12.1 Å². The number of anilines is 1. The third-order valence-electron chi connectivity index (χ3n) is 2.34. The van der Waals surface area contributed by atoms with Crippen LogP contribution in [0, 0.1) is 0 Å². The summed E-state index contributed by atoms with van der Waals surface area (Å²) in [5.41, 5.74) is -0.715. The number of hydrogen-bond acceptors (Lipinski definition) is 3. The zero-order valence-corrected chi connectivity index (χ0v) is 9.21. The lowest BCUT2D eigenvalue weighted by atomic mass is 10.2. The van der Waals surface area contributed by atoms with Crippen LogP contribution in [0.1, 0.15) is 5.56 Å². The van der Waals surface area contributed by atoms with E-state index in [1.54, 1.807) is 0 Å². The number of amidine groups is 1. The predicted molar refractivity (Wildman–Crippen MR) is 60.4 cm³/mol. The van der Waals surface area contributed by atoms with Gasteiger partial charge >= 0.3 is 6.18 Å².